The van der Waals surface area contributed by atoms with Gasteiger partial charge in [0.2, 0.25) is 0 Å². The third-order valence-electron chi connectivity index (χ3n) is 4.69. The van der Waals surface area contributed by atoms with Crippen LogP contribution in [0.4, 0.5) is 30.8 Å². The van der Waals surface area contributed by atoms with Crippen molar-refractivity contribution in [2.75, 3.05) is 34.8 Å². The van der Waals surface area contributed by atoms with Gasteiger partial charge in [0, 0.05) is 25.2 Å². The molecule has 1 unspecified atom stereocenters. The van der Waals surface area contributed by atoms with E-state index in [1.807, 2.05) is 0 Å². The Morgan fingerprint density at radius 2 is 2.00 bits per heavy atom. The van der Waals surface area contributed by atoms with E-state index in [0.29, 0.717) is 11.6 Å². The number of ketones is 1. The largest absolute Gasteiger partial charge is 0.442 e. The second-order valence-electron chi connectivity index (χ2n) is 6.78. The number of allylic oxidation sites excluding steroid dienone is 1. The molecule has 4 rings (SSSR count). The second kappa shape index (κ2) is 7.53. The van der Waals surface area contributed by atoms with E-state index in [2.05, 4.69) is 10.5 Å². The van der Waals surface area contributed by atoms with Crippen LogP contribution in [0.3, 0.4) is 0 Å². The molecule has 152 valence electrons. The number of anilines is 3. The molecule has 8 nitrogen and oxygen atoms in total. The quantitative estimate of drug-likeness (QED) is 0.820. The third kappa shape index (κ3) is 3.78. The molecule has 29 heavy (non-hydrogen) atoms. The summed E-state index contributed by atoms with van der Waals surface area (Å²) >= 11 is 0. The Morgan fingerprint density at radius 1 is 1.24 bits per heavy atom. The summed E-state index contributed by atoms with van der Waals surface area (Å²) in [5.41, 5.74) is -0.199. The molecule has 0 radical (unpaired) electrons. The maximum Gasteiger partial charge on any atom is 0.414 e. The standard InChI is InChI=1S/C19H18F2N4O4/c1-11-8-16(23-29-11)22-9-13-10-25(19(27)28-13)15-3-2-14(17(20)18(15)21)24-6-4-12(26)5-7-24/h2-4,6,8,13H,5,7,9-10H2,1H3,(H,22,23). The van der Waals surface area contributed by atoms with E-state index in [1.54, 1.807) is 13.0 Å². The fraction of sp³-hybridized carbons (Fsp3) is 0.316. The van der Waals surface area contributed by atoms with Crippen molar-refractivity contribution in [2.45, 2.75) is 19.4 Å². The normalized spacial score (nSPS) is 19.1. The van der Waals surface area contributed by atoms with Crippen molar-refractivity contribution in [3.05, 3.63) is 47.9 Å². The van der Waals surface area contributed by atoms with Crippen LogP contribution in [0.1, 0.15) is 12.2 Å². The predicted molar refractivity (Wildman–Crippen MR) is 99.8 cm³/mol. The van der Waals surface area contributed by atoms with E-state index in [1.165, 1.54) is 29.3 Å². The molecule has 0 saturated carbocycles. The van der Waals surface area contributed by atoms with E-state index >= 15 is 0 Å². The van der Waals surface area contributed by atoms with Crippen LogP contribution in [0.15, 0.2) is 35.0 Å². The molecule has 0 spiro atoms. The number of amides is 1. The molecule has 0 aliphatic carbocycles. The first-order valence-electron chi connectivity index (χ1n) is 9.03. The number of aryl methyl sites for hydroxylation is 1. The number of aromatic nitrogens is 1. The molecule has 2 aromatic rings. The van der Waals surface area contributed by atoms with Crippen molar-refractivity contribution in [1.29, 1.82) is 0 Å². The van der Waals surface area contributed by atoms with Crippen LogP contribution in [0.2, 0.25) is 0 Å². The molecule has 0 bridgehead atoms. The van der Waals surface area contributed by atoms with Crippen molar-refractivity contribution >= 4 is 29.1 Å². The number of benzene rings is 1. The highest BCUT2D eigenvalue weighted by molar-refractivity contribution is 5.92. The minimum absolute atomic E-state index is 0.00202. The number of hydrogen-bond acceptors (Lipinski definition) is 7. The number of cyclic esters (lactones) is 1. The topological polar surface area (TPSA) is 87.9 Å². The highest BCUT2D eigenvalue weighted by Gasteiger charge is 2.35. The van der Waals surface area contributed by atoms with Crippen molar-refractivity contribution in [1.82, 2.24) is 5.16 Å². The maximum absolute atomic E-state index is 14.7. The molecule has 3 heterocycles. The Labute approximate surface area is 164 Å². The second-order valence-corrected chi connectivity index (χ2v) is 6.78. The van der Waals surface area contributed by atoms with Crippen molar-refractivity contribution in [3.8, 4) is 0 Å². The molecule has 1 N–H and O–H groups in total. The number of carbonyl (C=O) groups excluding carboxylic acids is 2. The van der Waals surface area contributed by atoms with Crippen LogP contribution in [0.5, 0.6) is 0 Å². The third-order valence-corrected chi connectivity index (χ3v) is 4.69. The van der Waals surface area contributed by atoms with E-state index in [4.69, 9.17) is 9.26 Å². The lowest BCUT2D eigenvalue weighted by Gasteiger charge is -2.24. The van der Waals surface area contributed by atoms with Gasteiger partial charge in [-0.2, -0.15) is 0 Å². The van der Waals surface area contributed by atoms with E-state index in [0.717, 1.165) is 4.90 Å². The summed E-state index contributed by atoms with van der Waals surface area (Å²) in [7, 11) is 0. The first-order valence-corrected chi connectivity index (χ1v) is 9.03. The zero-order valence-corrected chi connectivity index (χ0v) is 15.5. The fourth-order valence-electron chi connectivity index (χ4n) is 3.21. The van der Waals surface area contributed by atoms with Gasteiger partial charge in [-0.3, -0.25) is 9.69 Å². The number of rotatable bonds is 5. The van der Waals surface area contributed by atoms with Gasteiger partial charge >= 0.3 is 6.09 Å². The summed E-state index contributed by atoms with van der Waals surface area (Å²) in [5, 5.41) is 6.74. The summed E-state index contributed by atoms with van der Waals surface area (Å²) in [5.74, 6) is -1.19. The Hall–Kier alpha value is -3.43. The molecule has 1 amide bonds. The number of hydrogen-bond donors (Lipinski definition) is 1. The first kappa shape index (κ1) is 18.9. The number of carbonyl (C=O) groups is 2. The summed E-state index contributed by atoms with van der Waals surface area (Å²) in [4.78, 5) is 26.0. The van der Waals surface area contributed by atoms with Crippen molar-refractivity contribution < 1.29 is 27.6 Å². The summed E-state index contributed by atoms with van der Waals surface area (Å²) in [6.45, 7) is 2.29. The minimum Gasteiger partial charge on any atom is -0.442 e. The summed E-state index contributed by atoms with van der Waals surface area (Å²) in [6, 6.07) is 4.39. The average Bonchev–Trinajstić information content (AvgIpc) is 3.28. The smallest absolute Gasteiger partial charge is 0.414 e. The molecular weight excluding hydrogens is 386 g/mol. The van der Waals surface area contributed by atoms with Crippen LogP contribution < -0.4 is 15.1 Å². The van der Waals surface area contributed by atoms with Crippen LogP contribution in [-0.2, 0) is 9.53 Å². The molecule has 1 atom stereocenters. The zero-order valence-electron chi connectivity index (χ0n) is 15.5. The van der Waals surface area contributed by atoms with Crippen LogP contribution in [0.25, 0.3) is 0 Å². The SMILES string of the molecule is Cc1cc(NCC2CN(c3ccc(N4C=CC(=O)CC4)c(F)c3F)C(=O)O2)no1. The lowest BCUT2D eigenvalue weighted by molar-refractivity contribution is -0.114. The van der Waals surface area contributed by atoms with Gasteiger partial charge in [-0.05, 0) is 25.1 Å². The van der Waals surface area contributed by atoms with E-state index < -0.39 is 23.8 Å². The number of nitrogens with one attached hydrogen (secondary N) is 1. The van der Waals surface area contributed by atoms with Gasteiger partial charge in [0.1, 0.15) is 11.9 Å². The Bertz CT molecular complexity index is 991. The van der Waals surface area contributed by atoms with E-state index in [-0.39, 0.29) is 43.2 Å². The van der Waals surface area contributed by atoms with Crippen LogP contribution in [0, 0.1) is 18.6 Å². The van der Waals surface area contributed by atoms with Gasteiger partial charge in [-0.15, -0.1) is 0 Å². The van der Waals surface area contributed by atoms with Crippen LogP contribution in [-0.4, -0.2) is 42.8 Å². The predicted octanol–water partition coefficient (Wildman–Crippen LogP) is 2.99. The molecule has 1 aromatic heterocycles. The number of nitrogens with zero attached hydrogens (tertiary/aromatic N) is 3. The van der Waals surface area contributed by atoms with Gasteiger partial charge < -0.3 is 19.5 Å². The van der Waals surface area contributed by atoms with E-state index in [9.17, 15) is 18.4 Å². The average molecular weight is 404 g/mol. The van der Waals surface area contributed by atoms with Crippen molar-refractivity contribution in [2.24, 2.45) is 0 Å². The summed E-state index contributed by atoms with van der Waals surface area (Å²) in [6.07, 6.45) is 1.62. The first-order chi connectivity index (χ1) is 13.9. The van der Waals surface area contributed by atoms with Gasteiger partial charge in [0.25, 0.3) is 0 Å². The van der Waals surface area contributed by atoms with Gasteiger partial charge in [0.15, 0.2) is 23.2 Å². The number of ether oxygens (including phenoxy) is 1. The lowest BCUT2D eigenvalue weighted by atomic mass is 10.1. The number of halogens is 2. The molecule has 2 aliphatic heterocycles. The molecular formula is C19H18F2N4O4. The van der Waals surface area contributed by atoms with Gasteiger partial charge in [-0.25, -0.2) is 13.6 Å². The van der Waals surface area contributed by atoms with Gasteiger partial charge in [-0.1, -0.05) is 5.16 Å². The highest BCUT2D eigenvalue weighted by Crippen LogP contribution is 2.32. The molecule has 1 fully saturated rings. The Kier molecular flexibility index (Phi) is 4.91. The fourth-order valence-corrected chi connectivity index (χ4v) is 3.21. The Balaban J connectivity index is 1.47. The molecule has 1 saturated heterocycles. The van der Waals surface area contributed by atoms with Crippen LogP contribution >= 0.6 is 0 Å². The summed E-state index contributed by atoms with van der Waals surface area (Å²) < 4.78 is 39.5. The molecule has 10 heteroatoms. The Morgan fingerprint density at radius 3 is 2.69 bits per heavy atom. The monoisotopic (exact) mass is 404 g/mol. The molecule has 2 aliphatic rings. The minimum atomic E-state index is -1.15. The lowest BCUT2D eigenvalue weighted by Crippen LogP contribution is -2.29. The maximum atomic E-state index is 14.7. The zero-order chi connectivity index (χ0) is 20.5. The molecule has 1 aromatic carbocycles. The van der Waals surface area contributed by atoms with Gasteiger partial charge in [0.05, 0.1) is 24.5 Å². The van der Waals surface area contributed by atoms with Crippen molar-refractivity contribution in [3.63, 3.8) is 0 Å². The highest BCUT2D eigenvalue weighted by atomic mass is 19.2.